The molecule has 1 aromatic rings. The maximum absolute atomic E-state index is 13.2. The van der Waals surface area contributed by atoms with Gasteiger partial charge in [-0.25, -0.2) is 4.39 Å². The lowest BCUT2D eigenvalue weighted by molar-refractivity contribution is -0.138. The van der Waals surface area contributed by atoms with Crippen LogP contribution in [0, 0.1) is 17.2 Å². The zero-order valence-corrected chi connectivity index (χ0v) is 12.5. The van der Waals surface area contributed by atoms with Crippen molar-refractivity contribution in [2.45, 2.75) is 24.9 Å². The van der Waals surface area contributed by atoms with Crippen molar-refractivity contribution >= 4 is 23.1 Å². The second-order valence-electron chi connectivity index (χ2n) is 5.80. The molecule has 0 heterocycles. The Bertz CT molecular complexity index is 634. The van der Waals surface area contributed by atoms with E-state index in [0.29, 0.717) is 0 Å². The highest BCUT2D eigenvalue weighted by Gasteiger charge is 2.75. The minimum Gasteiger partial charge on any atom is -0.480 e. The van der Waals surface area contributed by atoms with Crippen molar-refractivity contribution in [1.29, 1.82) is 0 Å². The van der Waals surface area contributed by atoms with E-state index in [-0.39, 0.29) is 5.56 Å². The van der Waals surface area contributed by atoms with Crippen LogP contribution >= 0.6 is 11.6 Å². The summed E-state index contributed by atoms with van der Waals surface area (Å²) in [6.45, 7) is 2.99. The molecule has 120 valence electrons. The van der Waals surface area contributed by atoms with Crippen molar-refractivity contribution in [3.8, 4) is 0 Å². The molecule has 1 saturated carbocycles. The molecule has 0 radical (unpaired) electrons. The maximum Gasteiger partial charge on any atom is 0.416 e. The summed E-state index contributed by atoms with van der Waals surface area (Å²) in [4.78, 5) is 9.46. The Labute approximate surface area is 129 Å². The molecule has 1 aromatic carbocycles. The molecular weight excluding hydrogens is 324 g/mol. The molecule has 1 aliphatic carbocycles. The zero-order valence-electron chi connectivity index (χ0n) is 11.7. The Morgan fingerprint density at radius 1 is 1.27 bits per heavy atom. The van der Waals surface area contributed by atoms with Crippen LogP contribution in [0.3, 0.4) is 0 Å². The van der Waals surface area contributed by atoms with Gasteiger partial charge in [0.15, 0.2) is 4.87 Å². The Kier molecular flexibility index (Phi) is 3.80. The monoisotopic (exact) mass is 336 g/mol. The molecule has 1 fully saturated rings. The number of carboxylic acid groups (broad SMARTS) is 1. The number of halogens is 5. The summed E-state index contributed by atoms with van der Waals surface area (Å²) in [7, 11) is 0. The smallest absolute Gasteiger partial charge is 0.416 e. The molecule has 1 N–H and O–H groups in total. The van der Waals surface area contributed by atoms with E-state index in [4.69, 9.17) is 16.7 Å². The molecule has 2 nitrogen and oxygen atoms in total. The van der Waals surface area contributed by atoms with Crippen LogP contribution in [0.15, 0.2) is 30.3 Å². The van der Waals surface area contributed by atoms with Crippen LogP contribution in [0.25, 0.3) is 5.57 Å². The predicted octanol–water partition coefficient (Wildman–Crippen LogP) is 4.49. The molecular formula is C15H13ClF4O2. The van der Waals surface area contributed by atoms with Gasteiger partial charge in [0.2, 0.25) is 0 Å². The van der Waals surface area contributed by atoms with E-state index in [9.17, 15) is 22.4 Å². The molecule has 0 saturated heterocycles. The lowest BCUT2D eigenvalue weighted by atomic mass is 10.0. The number of benzene rings is 1. The summed E-state index contributed by atoms with van der Waals surface area (Å²) in [6.07, 6.45) is -3.87. The molecule has 2 unspecified atom stereocenters. The molecule has 22 heavy (non-hydrogen) atoms. The molecule has 0 aliphatic heterocycles. The molecule has 0 spiro atoms. The van der Waals surface area contributed by atoms with Crippen molar-refractivity contribution in [3.63, 3.8) is 0 Å². The highest BCUT2D eigenvalue weighted by Crippen LogP contribution is 2.67. The summed E-state index contributed by atoms with van der Waals surface area (Å²) in [5, 5.41) is 9.15. The van der Waals surface area contributed by atoms with Crippen LogP contribution in [0.1, 0.15) is 19.4 Å². The Morgan fingerprint density at radius 2 is 1.77 bits per heavy atom. The van der Waals surface area contributed by atoms with Crippen LogP contribution in [-0.4, -0.2) is 22.1 Å². The summed E-state index contributed by atoms with van der Waals surface area (Å²) in [5.74, 6) is -3.00. The molecule has 2 rings (SSSR count). The van der Waals surface area contributed by atoms with Gasteiger partial charge < -0.3 is 5.11 Å². The third kappa shape index (κ3) is 2.49. The molecule has 0 bridgehead atoms. The zero-order chi connectivity index (χ0) is 16.9. The summed E-state index contributed by atoms with van der Waals surface area (Å²) in [5.41, 5.74) is -2.27. The van der Waals surface area contributed by atoms with E-state index in [1.54, 1.807) is 0 Å². The van der Waals surface area contributed by atoms with Gasteiger partial charge >= 0.3 is 12.1 Å². The largest absolute Gasteiger partial charge is 0.480 e. The second-order valence-corrected chi connectivity index (χ2v) is 6.40. The normalized spacial score (nSPS) is 27.6. The average Bonchev–Trinajstić information content (AvgIpc) is 2.82. The van der Waals surface area contributed by atoms with E-state index in [1.807, 2.05) is 0 Å². The summed E-state index contributed by atoms with van der Waals surface area (Å²) < 4.78 is 52.6. The number of hydrogen-bond donors (Lipinski definition) is 1. The Morgan fingerprint density at radius 3 is 2.14 bits per heavy atom. The van der Waals surface area contributed by atoms with E-state index in [1.165, 1.54) is 13.8 Å². The molecule has 0 amide bonds. The first kappa shape index (κ1) is 16.8. The fourth-order valence-corrected chi connectivity index (χ4v) is 3.03. The van der Waals surface area contributed by atoms with Crippen molar-refractivity contribution in [2.75, 3.05) is 0 Å². The van der Waals surface area contributed by atoms with E-state index in [2.05, 4.69) is 0 Å². The third-order valence-electron chi connectivity index (χ3n) is 4.17. The highest BCUT2D eigenvalue weighted by molar-refractivity contribution is 6.37. The number of allylic oxidation sites excluding steroid dienone is 2. The van der Waals surface area contributed by atoms with Gasteiger partial charge in [0.1, 0.15) is 5.82 Å². The number of alkyl halides is 4. The second kappa shape index (κ2) is 4.98. The SMILES string of the molecule is CC1(C)C(C=C(c2ccc(F)cc2)C(F)(F)F)C1(Cl)C(=O)O. The van der Waals surface area contributed by atoms with E-state index >= 15 is 0 Å². The molecule has 1 aliphatic rings. The van der Waals surface area contributed by atoms with Gasteiger partial charge in [-0.3, -0.25) is 4.79 Å². The van der Waals surface area contributed by atoms with Crippen molar-refractivity contribution < 1.29 is 27.5 Å². The van der Waals surface area contributed by atoms with Crippen LogP contribution < -0.4 is 0 Å². The van der Waals surface area contributed by atoms with Crippen molar-refractivity contribution in [2.24, 2.45) is 11.3 Å². The van der Waals surface area contributed by atoms with Crippen LogP contribution in [-0.2, 0) is 4.79 Å². The van der Waals surface area contributed by atoms with Crippen LogP contribution in [0.4, 0.5) is 17.6 Å². The standard InChI is InChI=1S/C15H13ClF4O2/c1-13(2)11(14(13,16)12(21)22)7-10(15(18,19)20)8-3-5-9(17)6-4-8/h3-7,11H,1-2H3,(H,21,22). The maximum atomic E-state index is 13.2. The highest BCUT2D eigenvalue weighted by atomic mass is 35.5. The van der Waals surface area contributed by atoms with Crippen molar-refractivity contribution in [3.05, 3.63) is 41.7 Å². The molecule has 0 aromatic heterocycles. The number of hydrogen-bond acceptors (Lipinski definition) is 1. The van der Waals surface area contributed by atoms with Crippen LogP contribution in [0.2, 0.25) is 0 Å². The summed E-state index contributed by atoms with van der Waals surface area (Å²) >= 11 is 5.97. The quantitative estimate of drug-likeness (QED) is 0.652. The van der Waals surface area contributed by atoms with Gasteiger partial charge in [-0.2, -0.15) is 13.2 Å². The first-order valence-electron chi connectivity index (χ1n) is 6.39. The van der Waals surface area contributed by atoms with Gasteiger partial charge in [-0.05, 0) is 17.7 Å². The van der Waals surface area contributed by atoms with Gasteiger partial charge in [0.05, 0.1) is 5.57 Å². The van der Waals surface area contributed by atoms with Gasteiger partial charge in [-0.15, -0.1) is 11.6 Å². The van der Waals surface area contributed by atoms with E-state index in [0.717, 1.165) is 30.3 Å². The minimum atomic E-state index is -4.70. The number of rotatable bonds is 3. The van der Waals surface area contributed by atoms with E-state index < -0.39 is 39.7 Å². The Balaban J connectivity index is 2.49. The van der Waals surface area contributed by atoms with Crippen molar-refractivity contribution in [1.82, 2.24) is 0 Å². The molecule has 7 heteroatoms. The topological polar surface area (TPSA) is 37.3 Å². The van der Waals surface area contributed by atoms with Crippen LogP contribution in [0.5, 0.6) is 0 Å². The minimum absolute atomic E-state index is 0.235. The number of aliphatic carboxylic acids is 1. The first-order valence-corrected chi connectivity index (χ1v) is 6.77. The van der Waals surface area contributed by atoms with Gasteiger partial charge in [-0.1, -0.05) is 32.1 Å². The Hall–Kier alpha value is -1.56. The summed E-state index contributed by atoms with van der Waals surface area (Å²) in [6, 6.07) is 3.83. The molecule has 2 atom stereocenters. The fraction of sp³-hybridized carbons (Fsp3) is 0.400. The number of carbonyl (C=O) groups is 1. The van der Waals surface area contributed by atoms with Gasteiger partial charge in [0.25, 0.3) is 0 Å². The number of carboxylic acids is 1. The fourth-order valence-electron chi connectivity index (χ4n) is 2.63. The first-order chi connectivity index (χ1) is 9.92. The third-order valence-corrected chi connectivity index (χ3v) is 5.05. The predicted molar refractivity (Wildman–Crippen MR) is 73.9 cm³/mol. The average molecular weight is 337 g/mol. The lowest BCUT2D eigenvalue weighted by Gasteiger charge is -2.12. The lowest BCUT2D eigenvalue weighted by Crippen LogP contribution is -2.21. The van der Waals surface area contributed by atoms with Gasteiger partial charge in [0, 0.05) is 11.3 Å².